The highest BCUT2D eigenvalue weighted by Crippen LogP contribution is 2.32. The highest BCUT2D eigenvalue weighted by Gasteiger charge is 2.18. The molecule has 0 bridgehead atoms. The van der Waals surface area contributed by atoms with E-state index in [1.165, 1.54) is 6.33 Å². The van der Waals surface area contributed by atoms with Gasteiger partial charge in [0.05, 0.1) is 6.54 Å². The molecule has 0 amide bonds. The Morgan fingerprint density at radius 1 is 1.27 bits per heavy atom. The van der Waals surface area contributed by atoms with E-state index in [4.69, 9.17) is 22.1 Å². The number of hydrogen-bond donors (Lipinski definition) is 1. The summed E-state index contributed by atoms with van der Waals surface area (Å²) in [4.78, 5) is 8.40. The van der Waals surface area contributed by atoms with Gasteiger partial charge < -0.3 is 10.5 Å². The van der Waals surface area contributed by atoms with Crippen LogP contribution in [0.3, 0.4) is 0 Å². The van der Waals surface area contributed by atoms with Gasteiger partial charge in [0.15, 0.2) is 5.65 Å². The van der Waals surface area contributed by atoms with Gasteiger partial charge in [-0.05, 0) is 29.8 Å². The van der Waals surface area contributed by atoms with Gasteiger partial charge in [-0.3, -0.25) is 3.97 Å². The third kappa shape index (κ3) is 3.46. The van der Waals surface area contributed by atoms with E-state index in [1.54, 1.807) is 38.1 Å². The topological polar surface area (TPSA) is 83.8 Å². The molecule has 10 heteroatoms. The van der Waals surface area contributed by atoms with Gasteiger partial charge in [-0.15, -0.1) is 5.10 Å². The Hall–Kier alpha value is -1.98. The molecule has 4 rings (SSSR count). The van der Waals surface area contributed by atoms with Crippen LogP contribution >= 0.6 is 41.9 Å². The second-order valence-electron chi connectivity index (χ2n) is 5.43. The molecular weight excluding hydrogens is 487 g/mol. The zero-order valence-corrected chi connectivity index (χ0v) is 16.9. The first-order valence-corrected chi connectivity index (χ1v) is 11.2. The summed E-state index contributed by atoms with van der Waals surface area (Å²) in [7, 11) is 1.59. The zero-order chi connectivity index (χ0) is 18.1. The number of halogens is 2. The molecule has 1 aromatic carbocycles. The van der Waals surface area contributed by atoms with Gasteiger partial charge in [0.25, 0.3) is 5.88 Å². The van der Waals surface area contributed by atoms with E-state index >= 15 is 0 Å². The number of rotatable bonds is 5. The Morgan fingerprint density at radius 2 is 2.15 bits per heavy atom. The molecule has 0 saturated carbocycles. The van der Waals surface area contributed by atoms with Gasteiger partial charge in [0.1, 0.15) is 23.3 Å². The third-order valence-corrected chi connectivity index (χ3v) is 5.66. The Balaban J connectivity index is 1.75. The molecule has 0 unspecified atom stereocenters. The SMILES string of the molecule is Nc1ncnc2c1c(Oc1cccc(Cl)c1)nn2Cc1ccn(SI)c1. The maximum absolute atomic E-state index is 6.05. The average Bonchev–Trinajstić information content (AvgIpc) is 3.21. The minimum absolute atomic E-state index is 0.318. The first-order chi connectivity index (χ1) is 12.6. The summed E-state index contributed by atoms with van der Waals surface area (Å²) < 4.78 is 9.67. The minimum Gasteiger partial charge on any atom is -0.437 e. The summed E-state index contributed by atoms with van der Waals surface area (Å²) in [5.74, 6) is 1.24. The molecule has 0 aliphatic carbocycles. The summed E-state index contributed by atoms with van der Waals surface area (Å²) in [6.45, 7) is 0.538. The summed E-state index contributed by atoms with van der Waals surface area (Å²) in [6, 6.07) is 9.12. The molecule has 0 saturated heterocycles. The molecule has 3 heterocycles. The maximum Gasteiger partial charge on any atom is 0.251 e. The minimum atomic E-state index is 0.318. The van der Waals surface area contributed by atoms with Gasteiger partial charge in [0.2, 0.25) is 0 Å². The van der Waals surface area contributed by atoms with Crippen LogP contribution in [-0.2, 0) is 6.54 Å². The van der Waals surface area contributed by atoms with Crippen molar-refractivity contribution in [1.82, 2.24) is 23.7 Å². The van der Waals surface area contributed by atoms with E-state index in [1.807, 2.05) is 22.4 Å². The van der Waals surface area contributed by atoms with Gasteiger partial charge in [-0.25, -0.2) is 14.6 Å². The molecule has 3 aromatic heterocycles. The lowest BCUT2D eigenvalue weighted by molar-refractivity contribution is 0.455. The lowest BCUT2D eigenvalue weighted by atomic mass is 10.3. The number of nitrogens with two attached hydrogens (primary N) is 1. The second-order valence-corrected chi connectivity index (χ2v) is 7.61. The zero-order valence-electron chi connectivity index (χ0n) is 13.2. The van der Waals surface area contributed by atoms with Crippen LogP contribution in [0.2, 0.25) is 5.02 Å². The molecule has 0 aliphatic heterocycles. The monoisotopic (exact) mass is 498 g/mol. The highest BCUT2D eigenvalue weighted by atomic mass is 127. The molecule has 0 fully saturated rings. The average molecular weight is 499 g/mol. The lowest BCUT2D eigenvalue weighted by Gasteiger charge is -2.03. The van der Waals surface area contributed by atoms with Gasteiger partial charge in [-0.2, -0.15) is 0 Å². The fourth-order valence-corrected chi connectivity index (χ4v) is 3.75. The standard InChI is InChI=1S/C16H12ClIN6OS/c17-11-2-1-3-12(6-11)25-16-13-14(19)20-9-21-15(13)24(22-16)8-10-4-5-23(7-10)26-18/h1-7,9H,8H2,(H2,19,20,21). The van der Waals surface area contributed by atoms with Crippen LogP contribution in [0.15, 0.2) is 49.1 Å². The first kappa shape index (κ1) is 17.4. The normalized spacial score (nSPS) is 11.2. The van der Waals surface area contributed by atoms with Crippen LogP contribution in [0, 0.1) is 0 Å². The van der Waals surface area contributed by atoms with Crippen LogP contribution in [0.5, 0.6) is 11.6 Å². The number of aromatic nitrogens is 5. The van der Waals surface area contributed by atoms with Crippen LogP contribution in [0.25, 0.3) is 11.0 Å². The summed E-state index contributed by atoms with van der Waals surface area (Å²) >= 11 is 8.25. The van der Waals surface area contributed by atoms with Crippen molar-refractivity contribution in [2.75, 3.05) is 5.73 Å². The largest absolute Gasteiger partial charge is 0.437 e. The van der Waals surface area contributed by atoms with Crippen molar-refractivity contribution < 1.29 is 4.74 Å². The molecule has 0 atom stereocenters. The Labute approximate surface area is 170 Å². The van der Waals surface area contributed by atoms with Crippen molar-refractivity contribution >= 4 is 58.8 Å². The number of anilines is 1. The fourth-order valence-electron chi connectivity index (χ4n) is 2.55. The molecular formula is C16H12ClIN6OS. The van der Waals surface area contributed by atoms with Gasteiger partial charge in [0, 0.05) is 47.7 Å². The van der Waals surface area contributed by atoms with E-state index in [9.17, 15) is 0 Å². The van der Waals surface area contributed by atoms with E-state index < -0.39 is 0 Å². The van der Waals surface area contributed by atoms with Crippen molar-refractivity contribution in [2.24, 2.45) is 0 Å². The summed E-state index contributed by atoms with van der Waals surface area (Å²) in [6.07, 6.45) is 5.45. The predicted octanol–water partition coefficient (Wildman–Crippen LogP) is 4.55. The lowest BCUT2D eigenvalue weighted by Crippen LogP contribution is -2.02. The van der Waals surface area contributed by atoms with Crippen molar-refractivity contribution in [2.45, 2.75) is 6.54 Å². The number of nitrogen functional groups attached to an aromatic ring is 1. The molecule has 4 aromatic rings. The Bertz CT molecular complexity index is 1080. The van der Waals surface area contributed by atoms with Crippen LogP contribution in [0.4, 0.5) is 5.82 Å². The Kier molecular flexibility index (Phi) is 4.92. The number of ether oxygens (including phenoxy) is 1. The molecule has 0 spiro atoms. The van der Waals surface area contributed by atoms with Crippen molar-refractivity contribution in [3.05, 3.63) is 59.6 Å². The Morgan fingerprint density at radius 3 is 2.92 bits per heavy atom. The molecule has 26 heavy (non-hydrogen) atoms. The molecule has 0 aliphatic rings. The number of nitrogens with zero attached hydrogens (tertiary/aromatic N) is 5. The fraction of sp³-hybridized carbons (Fsp3) is 0.0625. The van der Waals surface area contributed by atoms with Crippen LogP contribution in [0.1, 0.15) is 5.56 Å². The van der Waals surface area contributed by atoms with E-state index in [0.717, 1.165) is 5.56 Å². The quantitative estimate of drug-likeness (QED) is 0.407. The van der Waals surface area contributed by atoms with Crippen molar-refractivity contribution in [3.8, 4) is 11.6 Å². The van der Waals surface area contributed by atoms with E-state index in [-0.39, 0.29) is 0 Å². The van der Waals surface area contributed by atoms with Crippen molar-refractivity contribution in [1.29, 1.82) is 0 Å². The first-order valence-electron chi connectivity index (χ1n) is 7.50. The van der Waals surface area contributed by atoms with Gasteiger partial charge in [-0.1, -0.05) is 17.7 Å². The molecule has 132 valence electrons. The second kappa shape index (κ2) is 7.33. The maximum atomic E-state index is 6.05. The third-order valence-electron chi connectivity index (χ3n) is 3.68. The smallest absolute Gasteiger partial charge is 0.251 e. The highest BCUT2D eigenvalue weighted by molar-refractivity contribution is 14.2. The van der Waals surface area contributed by atoms with E-state index in [0.29, 0.717) is 40.0 Å². The number of hydrogen-bond acceptors (Lipinski definition) is 6. The summed E-state index contributed by atoms with van der Waals surface area (Å²) in [5.41, 5.74) is 7.76. The van der Waals surface area contributed by atoms with E-state index in [2.05, 4.69) is 36.3 Å². The predicted molar refractivity (Wildman–Crippen MR) is 112 cm³/mol. The molecule has 0 radical (unpaired) electrons. The van der Waals surface area contributed by atoms with Crippen LogP contribution in [-0.4, -0.2) is 23.7 Å². The number of fused-ring (bicyclic) bond motifs is 1. The number of benzene rings is 1. The van der Waals surface area contributed by atoms with Gasteiger partial charge >= 0.3 is 0 Å². The van der Waals surface area contributed by atoms with Crippen LogP contribution < -0.4 is 10.5 Å². The summed E-state index contributed by atoms with van der Waals surface area (Å²) in [5, 5.41) is 5.71. The molecule has 7 nitrogen and oxygen atoms in total. The van der Waals surface area contributed by atoms with Crippen molar-refractivity contribution in [3.63, 3.8) is 0 Å². The molecule has 2 N–H and O–H groups in total.